The number of benzene rings is 1. The maximum atomic E-state index is 13.4. The molecule has 162 valence electrons. The molecule has 1 atom stereocenters. The summed E-state index contributed by atoms with van der Waals surface area (Å²) in [6.07, 6.45) is 0.347. The zero-order valence-corrected chi connectivity index (χ0v) is 19.8. The first-order valence-corrected chi connectivity index (χ1v) is 12.8. The molecule has 7 nitrogen and oxygen atoms in total. The molecule has 2 rings (SSSR count). The first-order chi connectivity index (χ1) is 13.5. The molecule has 1 aromatic rings. The lowest BCUT2D eigenvalue weighted by Crippen LogP contribution is -2.47. The third kappa shape index (κ3) is 4.75. The Kier molecular flexibility index (Phi) is 7.00. The Labute approximate surface area is 174 Å². The predicted molar refractivity (Wildman–Crippen MR) is 117 cm³/mol. The van der Waals surface area contributed by atoms with E-state index in [2.05, 4.69) is 39.2 Å². The van der Waals surface area contributed by atoms with Crippen molar-refractivity contribution < 1.29 is 23.5 Å². The van der Waals surface area contributed by atoms with Crippen LogP contribution in [-0.2, 0) is 9.22 Å². The van der Waals surface area contributed by atoms with Gasteiger partial charge in [-0.25, -0.2) is 0 Å². The molecule has 0 bridgehead atoms. The Morgan fingerprint density at radius 3 is 2.31 bits per heavy atom. The average Bonchev–Trinajstić information content (AvgIpc) is 3.04. The summed E-state index contributed by atoms with van der Waals surface area (Å²) >= 11 is 0. The molecule has 0 aromatic heterocycles. The normalized spacial score (nSPS) is 17.4. The van der Waals surface area contributed by atoms with Gasteiger partial charge in [-0.3, -0.25) is 9.59 Å². The highest BCUT2D eigenvalue weighted by molar-refractivity contribution is 6.74. The highest BCUT2D eigenvalue weighted by atomic mass is 28.4. The van der Waals surface area contributed by atoms with Gasteiger partial charge in [0.15, 0.2) is 25.6 Å². The van der Waals surface area contributed by atoms with Crippen LogP contribution in [0.4, 0.5) is 5.69 Å². The fraction of sp³-hybridized carbons (Fsp3) is 0.619. The van der Waals surface area contributed by atoms with Gasteiger partial charge in [0.1, 0.15) is 6.04 Å². The van der Waals surface area contributed by atoms with Crippen molar-refractivity contribution in [3.63, 3.8) is 0 Å². The number of amides is 1. The number of anilines is 1. The molecule has 0 saturated carbocycles. The van der Waals surface area contributed by atoms with Crippen LogP contribution in [0.1, 0.15) is 37.6 Å². The van der Waals surface area contributed by atoms with Gasteiger partial charge in [-0.1, -0.05) is 20.8 Å². The fourth-order valence-corrected chi connectivity index (χ4v) is 4.08. The van der Waals surface area contributed by atoms with Gasteiger partial charge >= 0.3 is 0 Å². The fourth-order valence-electron chi connectivity index (χ4n) is 3.07. The molecule has 1 heterocycles. The number of nitrogens with one attached hydrogen (secondary N) is 1. The second-order valence-electron chi connectivity index (χ2n) is 8.80. The Hall–Kier alpha value is -2.06. The lowest BCUT2D eigenvalue weighted by molar-refractivity contribution is -0.120. The summed E-state index contributed by atoms with van der Waals surface area (Å²) in [4.78, 5) is 27.5. The van der Waals surface area contributed by atoms with E-state index in [1.165, 1.54) is 7.11 Å². The maximum Gasteiger partial charge on any atom is 0.256 e. The number of ketones is 1. The average molecular weight is 423 g/mol. The van der Waals surface area contributed by atoms with Crippen molar-refractivity contribution in [1.82, 2.24) is 4.90 Å². The Morgan fingerprint density at radius 1 is 1.21 bits per heavy atom. The second kappa shape index (κ2) is 8.75. The minimum atomic E-state index is -2.03. The van der Waals surface area contributed by atoms with Gasteiger partial charge in [-0.05, 0) is 24.2 Å². The molecule has 1 amide bonds. The smallest absolute Gasteiger partial charge is 0.256 e. The van der Waals surface area contributed by atoms with Crippen LogP contribution in [0, 0.1) is 0 Å². The Morgan fingerprint density at radius 2 is 1.79 bits per heavy atom. The summed E-state index contributed by atoms with van der Waals surface area (Å²) < 4.78 is 16.9. The van der Waals surface area contributed by atoms with Crippen LogP contribution in [0.3, 0.4) is 0 Å². The lowest BCUT2D eigenvalue weighted by Gasteiger charge is -2.37. The summed E-state index contributed by atoms with van der Waals surface area (Å²) in [6.45, 7) is 11.4. The number of hydrogen-bond acceptors (Lipinski definition) is 6. The van der Waals surface area contributed by atoms with E-state index < -0.39 is 14.4 Å². The number of likely N-dealkylation sites (tertiary alicyclic amines) is 1. The monoisotopic (exact) mass is 422 g/mol. The zero-order valence-electron chi connectivity index (χ0n) is 18.8. The molecule has 1 fully saturated rings. The number of hydrogen-bond donors (Lipinski definition) is 1. The van der Waals surface area contributed by atoms with Crippen LogP contribution in [-0.4, -0.2) is 65.4 Å². The van der Waals surface area contributed by atoms with Gasteiger partial charge in [0.25, 0.3) is 5.91 Å². The van der Waals surface area contributed by atoms with Crippen molar-refractivity contribution in [2.45, 2.75) is 51.4 Å². The third-order valence-electron chi connectivity index (χ3n) is 6.04. The molecule has 0 aliphatic carbocycles. The van der Waals surface area contributed by atoms with Crippen molar-refractivity contribution in [3.05, 3.63) is 17.7 Å². The molecule has 0 radical (unpaired) electrons. The van der Waals surface area contributed by atoms with E-state index in [0.717, 1.165) is 0 Å². The number of carbonyl (C=O) groups is 2. The van der Waals surface area contributed by atoms with Crippen molar-refractivity contribution in [3.8, 4) is 11.5 Å². The van der Waals surface area contributed by atoms with E-state index >= 15 is 0 Å². The van der Waals surface area contributed by atoms with Gasteiger partial charge in [0.05, 0.1) is 32.1 Å². The molecule has 0 spiro atoms. The highest BCUT2D eigenvalue weighted by Crippen LogP contribution is 2.38. The van der Waals surface area contributed by atoms with Crippen LogP contribution in [0.15, 0.2) is 12.1 Å². The Balaban J connectivity index is 2.31. The van der Waals surface area contributed by atoms with E-state index in [1.54, 1.807) is 31.2 Å². The van der Waals surface area contributed by atoms with Gasteiger partial charge in [-0.15, -0.1) is 0 Å². The maximum absolute atomic E-state index is 13.4. The number of methoxy groups -OCH3 is 2. The molecule has 8 heteroatoms. The van der Waals surface area contributed by atoms with E-state index in [-0.39, 0.29) is 23.3 Å². The minimum Gasteiger partial charge on any atom is -0.493 e. The quantitative estimate of drug-likeness (QED) is 0.677. The van der Waals surface area contributed by atoms with Crippen LogP contribution < -0.4 is 14.8 Å². The number of nitrogens with zero attached hydrogens (tertiary/aromatic N) is 1. The van der Waals surface area contributed by atoms with Crippen molar-refractivity contribution in [2.75, 3.05) is 39.7 Å². The summed E-state index contributed by atoms with van der Waals surface area (Å²) in [5.41, 5.74) is 1.06. The predicted octanol–water partition coefficient (Wildman–Crippen LogP) is 3.55. The van der Waals surface area contributed by atoms with Crippen LogP contribution in [0.2, 0.25) is 18.1 Å². The zero-order chi connectivity index (χ0) is 22.0. The summed E-state index contributed by atoms with van der Waals surface area (Å²) in [5.74, 6) is 0.826. The third-order valence-corrected chi connectivity index (χ3v) is 10.5. The number of rotatable bonds is 7. The molecule has 1 saturated heterocycles. The van der Waals surface area contributed by atoms with Crippen molar-refractivity contribution in [2.24, 2.45) is 0 Å². The SMILES string of the molecule is CNc1cc(OC)c(OC)cc1C(=O)N1CCC(=O)[C@H]1CO[Si](C)(C)C(C)(C)C. The van der Waals surface area contributed by atoms with Crippen LogP contribution in [0.5, 0.6) is 11.5 Å². The largest absolute Gasteiger partial charge is 0.493 e. The number of ether oxygens (including phenoxy) is 2. The molecule has 29 heavy (non-hydrogen) atoms. The van der Waals surface area contributed by atoms with Gasteiger partial charge < -0.3 is 24.1 Å². The van der Waals surface area contributed by atoms with E-state index in [0.29, 0.717) is 35.7 Å². The molecule has 1 aromatic carbocycles. The minimum absolute atomic E-state index is 0.0339. The molecular formula is C21H34N2O5Si. The summed E-state index contributed by atoms with van der Waals surface area (Å²) in [5, 5.41) is 3.07. The van der Waals surface area contributed by atoms with E-state index in [4.69, 9.17) is 13.9 Å². The topological polar surface area (TPSA) is 77.1 Å². The van der Waals surface area contributed by atoms with Crippen molar-refractivity contribution >= 4 is 25.7 Å². The molecule has 0 unspecified atom stereocenters. The summed E-state index contributed by atoms with van der Waals surface area (Å²) in [6, 6.07) is 2.82. The van der Waals surface area contributed by atoms with Crippen molar-refractivity contribution in [1.29, 1.82) is 0 Å². The molecular weight excluding hydrogens is 388 g/mol. The second-order valence-corrected chi connectivity index (χ2v) is 13.6. The number of Topliss-reactive ketones (excluding diaryl/α,β-unsaturated/α-hetero) is 1. The van der Waals surface area contributed by atoms with Crippen LogP contribution >= 0.6 is 0 Å². The van der Waals surface area contributed by atoms with Crippen LogP contribution in [0.25, 0.3) is 0 Å². The standard InChI is InChI=1S/C21H34N2O5Si/c1-21(2,3)29(7,8)28-13-16-17(24)9-10-23(16)20(25)14-11-18(26-5)19(27-6)12-15(14)22-4/h11-12,16,22H,9-10,13H2,1-8H3/t16-/m1/s1. The number of carbonyl (C=O) groups excluding carboxylic acids is 2. The molecule has 1 aliphatic heterocycles. The Bertz CT molecular complexity index is 773. The van der Waals surface area contributed by atoms with Gasteiger partial charge in [0, 0.05) is 26.1 Å². The van der Waals surface area contributed by atoms with E-state index in [1.807, 2.05) is 0 Å². The van der Waals surface area contributed by atoms with E-state index in [9.17, 15) is 9.59 Å². The highest BCUT2D eigenvalue weighted by Gasteiger charge is 2.42. The molecule has 1 N–H and O–H groups in total. The van der Waals surface area contributed by atoms with Gasteiger partial charge in [0.2, 0.25) is 0 Å². The van der Waals surface area contributed by atoms with Gasteiger partial charge in [-0.2, -0.15) is 0 Å². The first kappa shape index (κ1) is 23.2. The molecule has 1 aliphatic rings. The summed E-state index contributed by atoms with van der Waals surface area (Å²) in [7, 11) is 2.79. The lowest BCUT2D eigenvalue weighted by atomic mass is 10.1. The first-order valence-electron chi connectivity index (χ1n) is 9.88.